The van der Waals surface area contributed by atoms with E-state index in [0.717, 1.165) is 18.5 Å². The monoisotopic (exact) mass is 284 g/mol. The largest absolute Gasteiger partial charge is 0.336 e. The van der Waals surface area contributed by atoms with Crippen LogP contribution in [0.2, 0.25) is 0 Å². The van der Waals surface area contributed by atoms with Crippen LogP contribution in [-0.2, 0) is 6.54 Å². The predicted octanol–water partition coefficient (Wildman–Crippen LogP) is 1.77. The molecule has 3 rings (SSSR count). The summed E-state index contributed by atoms with van der Waals surface area (Å²) < 4.78 is 2.22. The van der Waals surface area contributed by atoms with E-state index >= 15 is 0 Å². The Morgan fingerprint density at radius 3 is 2.89 bits per heavy atom. The molecule has 1 aromatic heterocycles. The minimum atomic E-state index is 0. The number of hydrogen-bond donors (Lipinski definition) is 1. The van der Waals surface area contributed by atoms with Gasteiger partial charge in [-0.3, -0.25) is 4.90 Å². The molecule has 0 aromatic carbocycles. The highest BCUT2D eigenvalue weighted by atomic mass is 35.5. The summed E-state index contributed by atoms with van der Waals surface area (Å²) in [6.07, 6.45) is 11.4. The maximum Gasteiger partial charge on any atom is 0.0946 e. The first-order valence-electron chi connectivity index (χ1n) is 7.32. The van der Waals surface area contributed by atoms with E-state index in [-0.39, 0.29) is 12.4 Å². The Morgan fingerprint density at radius 1 is 1.21 bits per heavy atom. The lowest BCUT2D eigenvalue weighted by Crippen LogP contribution is -2.41. The number of nitrogens with zero attached hydrogens (tertiary/aromatic N) is 3. The van der Waals surface area contributed by atoms with E-state index in [2.05, 4.69) is 26.0 Å². The zero-order valence-corrected chi connectivity index (χ0v) is 12.3. The summed E-state index contributed by atoms with van der Waals surface area (Å²) in [4.78, 5) is 6.85. The Morgan fingerprint density at radius 2 is 2.16 bits per heavy atom. The van der Waals surface area contributed by atoms with Crippen molar-refractivity contribution in [1.29, 1.82) is 0 Å². The van der Waals surface area contributed by atoms with Crippen LogP contribution in [0.4, 0.5) is 0 Å². The fourth-order valence-corrected chi connectivity index (χ4v) is 3.39. The summed E-state index contributed by atoms with van der Waals surface area (Å²) >= 11 is 0. The van der Waals surface area contributed by atoms with Crippen molar-refractivity contribution in [3.05, 3.63) is 18.7 Å². The Labute approximate surface area is 122 Å². The molecule has 2 fully saturated rings. The standard InChI is InChI=1S/C14H24N4.ClH/c1-3-13(9-15-5-1)10-18-7-2-4-14(18)11-17-8-6-16-12-17;/h6,8,12-15H,1-5,7,9-11H2;1H. The lowest BCUT2D eigenvalue weighted by molar-refractivity contribution is 0.181. The molecule has 0 bridgehead atoms. The van der Waals surface area contributed by atoms with Crippen LogP contribution in [0.3, 0.4) is 0 Å². The van der Waals surface area contributed by atoms with Crippen LogP contribution in [0.5, 0.6) is 0 Å². The van der Waals surface area contributed by atoms with Crippen LogP contribution in [0.15, 0.2) is 18.7 Å². The molecular formula is C14H25ClN4. The van der Waals surface area contributed by atoms with Crippen LogP contribution in [0.25, 0.3) is 0 Å². The number of rotatable bonds is 4. The van der Waals surface area contributed by atoms with Crippen LogP contribution >= 0.6 is 12.4 Å². The normalized spacial score (nSPS) is 28.2. The molecule has 0 amide bonds. The molecule has 1 N–H and O–H groups in total. The third-order valence-corrected chi connectivity index (χ3v) is 4.37. The molecule has 108 valence electrons. The summed E-state index contributed by atoms with van der Waals surface area (Å²) in [7, 11) is 0. The zero-order chi connectivity index (χ0) is 12.2. The summed E-state index contributed by atoms with van der Waals surface area (Å²) in [6, 6.07) is 0.723. The fraction of sp³-hybridized carbons (Fsp3) is 0.786. The topological polar surface area (TPSA) is 33.1 Å². The third-order valence-electron chi connectivity index (χ3n) is 4.37. The van der Waals surface area contributed by atoms with Gasteiger partial charge in [-0.15, -0.1) is 12.4 Å². The molecule has 2 aliphatic heterocycles. The van der Waals surface area contributed by atoms with E-state index in [1.807, 2.05) is 12.5 Å². The highest BCUT2D eigenvalue weighted by Crippen LogP contribution is 2.22. The van der Waals surface area contributed by atoms with Crippen molar-refractivity contribution in [2.45, 2.75) is 38.3 Å². The number of imidazole rings is 1. The molecule has 19 heavy (non-hydrogen) atoms. The lowest BCUT2D eigenvalue weighted by Gasteiger charge is -2.31. The van der Waals surface area contributed by atoms with Gasteiger partial charge < -0.3 is 9.88 Å². The average Bonchev–Trinajstić information content (AvgIpc) is 3.04. The summed E-state index contributed by atoms with van der Waals surface area (Å²) in [6.45, 7) is 6.12. The van der Waals surface area contributed by atoms with E-state index < -0.39 is 0 Å². The predicted molar refractivity (Wildman–Crippen MR) is 79.7 cm³/mol. The average molecular weight is 285 g/mol. The molecule has 3 heterocycles. The van der Waals surface area contributed by atoms with E-state index in [1.54, 1.807) is 0 Å². The van der Waals surface area contributed by atoms with Crippen molar-refractivity contribution in [2.24, 2.45) is 5.92 Å². The van der Waals surface area contributed by atoms with Gasteiger partial charge in [0.1, 0.15) is 0 Å². The Balaban J connectivity index is 0.00000133. The Bertz CT molecular complexity index is 348. The highest BCUT2D eigenvalue weighted by molar-refractivity contribution is 5.85. The Kier molecular flexibility index (Phi) is 5.67. The van der Waals surface area contributed by atoms with Crippen molar-refractivity contribution in [3.8, 4) is 0 Å². The Hall–Kier alpha value is -0.580. The van der Waals surface area contributed by atoms with Crippen molar-refractivity contribution in [2.75, 3.05) is 26.2 Å². The lowest BCUT2D eigenvalue weighted by atomic mass is 9.99. The number of nitrogens with one attached hydrogen (secondary N) is 1. The van der Waals surface area contributed by atoms with Crippen molar-refractivity contribution in [3.63, 3.8) is 0 Å². The van der Waals surface area contributed by atoms with Gasteiger partial charge in [0.2, 0.25) is 0 Å². The van der Waals surface area contributed by atoms with Gasteiger partial charge in [-0.05, 0) is 51.2 Å². The molecule has 0 spiro atoms. The van der Waals surface area contributed by atoms with Crippen molar-refractivity contribution >= 4 is 12.4 Å². The SMILES string of the molecule is Cl.c1cn(CC2CCCN2CC2CCCNC2)cn1. The quantitative estimate of drug-likeness (QED) is 0.915. The molecule has 0 saturated carbocycles. The van der Waals surface area contributed by atoms with E-state index in [9.17, 15) is 0 Å². The van der Waals surface area contributed by atoms with Gasteiger partial charge in [-0.2, -0.15) is 0 Å². The molecular weight excluding hydrogens is 260 g/mol. The number of aromatic nitrogens is 2. The third kappa shape index (κ3) is 3.94. The van der Waals surface area contributed by atoms with Gasteiger partial charge >= 0.3 is 0 Å². The van der Waals surface area contributed by atoms with Gasteiger partial charge in [-0.25, -0.2) is 4.98 Å². The van der Waals surface area contributed by atoms with Gasteiger partial charge in [0.15, 0.2) is 0 Å². The smallest absolute Gasteiger partial charge is 0.0946 e. The fourth-order valence-electron chi connectivity index (χ4n) is 3.39. The maximum absolute atomic E-state index is 4.14. The molecule has 5 heteroatoms. The van der Waals surface area contributed by atoms with E-state index in [4.69, 9.17) is 0 Å². The maximum atomic E-state index is 4.14. The molecule has 4 nitrogen and oxygen atoms in total. The zero-order valence-electron chi connectivity index (χ0n) is 11.5. The second-order valence-corrected chi connectivity index (χ2v) is 5.76. The van der Waals surface area contributed by atoms with E-state index in [1.165, 1.54) is 51.9 Å². The van der Waals surface area contributed by atoms with Gasteiger partial charge in [0.05, 0.1) is 6.33 Å². The second-order valence-electron chi connectivity index (χ2n) is 5.76. The van der Waals surface area contributed by atoms with Gasteiger partial charge in [0, 0.05) is 31.5 Å². The number of piperidine rings is 1. The minimum absolute atomic E-state index is 0. The van der Waals surface area contributed by atoms with Crippen molar-refractivity contribution in [1.82, 2.24) is 19.8 Å². The molecule has 2 unspecified atom stereocenters. The van der Waals surface area contributed by atoms with E-state index in [0.29, 0.717) is 0 Å². The van der Waals surface area contributed by atoms with Gasteiger partial charge in [0.25, 0.3) is 0 Å². The first kappa shape index (κ1) is 14.8. The molecule has 2 aliphatic rings. The van der Waals surface area contributed by atoms with Crippen LogP contribution in [-0.4, -0.2) is 46.7 Å². The molecule has 2 atom stereocenters. The number of likely N-dealkylation sites (tertiary alicyclic amines) is 1. The first-order valence-corrected chi connectivity index (χ1v) is 7.32. The number of halogens is 1. The second kappa shape index (κ2) is 7.27. The van der Waals surface area contributed by atoms with Crippen LogP contribution < -0.4 is 5.32 Å². The molecule has 2 saturated heterocycles. The highest BCUT2D eigenvalue weighted by Gasteiger charge is 2.27. The van der Waals surface area contributed by atoms with Crippen LogP contribution in [0.1, 0.15) is 25.7 Å². The first-order chi connectivity index (χ1) is 8.92. The number of hydrogen-bond acceptors (Lipinski definition) is 3. The van der Waals surface area contributed by atoms with Crippen molar-refractivity contribution < 1.29 is 0 Å². The minimum Gasteiger partial charge on any atom is -0.336 e. The van der Waals surface area contributed by atoms with Crippen LogP contribution in [0, 0.1) is 5.92 Å². The summed E-state index contributed by atoms with van der Waals surface area (Å²) in [5.41, 5.74) is 0. The summed E-state index contributed by atoms with van der Waals surface area (Å²) in [5, 5.41) is 3.53. The van der Waals surface area contributed by atoms with Gasteiger partial charge in [-0.1, -0.05) is 0 Å². The molecule has 0 aliphatic carbocycles. The molecule has 1 aromatic rings. The summed E-state index contributed by atoms with van der Waals surface area (Å²) in [5.74, 6) is 0.863. The molecule has 0 radical (unpaired) electrons.